The number of hydrogen-bond acceptors (Lipinski definition) is 5. The Bertz CT molecular complexity index is 1120. The minimum Gasteiger partial charge on any atom is -0.367 e. The molecular weight excluding hydrogens is 372 g/mol. The largest absolute Gasteiger partial charge is 0.367 e. The Kier molecular flexibility index (Phi) is 4.34. The number of nitrogens with zero attached hydrogens (tertiary/aromatic N) is 5. The molecule has 0 bridgehead atoms. The summed E-state index contributed by atoms with van der Waals surface area (Å²) in [6.45, 7) is 1.93. The van der Waals surface area contributed by atoms with Gasteiger partial charge < -0.3 is 14.8 Å². The summed E-state index contributed by atoms with van der Waals surface area (Å²) in [6, 6.07) is 9.80. The van der Waals surface area contributed by atoms with Crippen molar-refractivity contribution < 1.29 is 4.11 Å². The van der Waals surface area contributed by atoms with Crippen LogP contribution in [0.3, 0.4) is 0 Å². The zero-order valence-corrected chi connectivity index (χ0v) is 17.8. The molecule has 30 heavy (non-hydrogen) atoms. The molecule has 0 aliphatic carbocycles. The smallest absolute Gasteiger partial charge is 0.124 e. The maximum absolute atomic E-state index is 7.97. The molecule has 3 aromatic rings. The summed E-state index contributed by atoms with van der Waals surface area (Å²) in [5.74, 6) is 0.949. The van der Waals surface area contributed by atoms with Crippen molar-refractivity contribution in [2.24, 2.45) is 0 Å². The van der Waals surface area contributed by atoms with E-state index in [-0.39, 0.29) is 12.1 Å². The van der Waals surface area contributed by atoms with Gasteiger partial charge in [0, 0.05) is 36.5 Å². The summed E-state index contributed by atoms with van der Waals surface area (Å²) < 4.78 is 23.9. The molecule has 2 saturated heterocycles. The van der Waals surface area contributed by atoms with Crippen LogP contribution in [0.2, 0.25) is 0 Å². The van der Waals surface area contributed by atoms with Crippen LogP contribution >= 0.6 is 0 Å². The van der Waals surface area contributed by atoms with Gasteiger partial charge in [-0.3, -0.25) is 9.88 Å². The number of anilines is 1. The maximum Gasteiger partial charge on any atom is 0.124 e. The third-order valence-electron chi connectivity index (χ3n) is 6.76. The molecular formula is C24H32N6. The third kappa shape index (κ3) is 3.48. The van der Waals surface area contributed by atoms with Crippen molar-refractivity contribution in [3.63, 3.8) is 0 Å². The van der Waals surface area contributed by atoms with Crippen LogP contribution in [0.1, 0.15) is 52.5 Å². The van der Waals surface area contributed by atoms with Crippen LogP contribution in [-0.2, 0) is 0 Å². The maximum atomic E-state index is 7.97. The Morgan fingerprint density at radius 1 is 1.03 bits per heavy atom. The minimum atomic E-state index is -2.17. The van der Waals surface area contributed by atoms with Gasteiger partial charge in [0.05, 0.1) is 29.0 Å². The highest BCUT2D eigenvalue weighted by molar-refractivity contribution is 5.89. The first-order valence-corrected chi connectivity index (χ1v) is 10.9. The number of imidazole rings is 1. The van der Waals surface area contributed by atoms with E-state index in [2.05, 4.69) is 57.0 Å². The van der Waals surface area contributed by atoms with E-state index in [1.54, 1.807) is 18.3 Å². The molecule has 2 atom stereocenters. The van der Waals surface area contributed by atoms with Crippen molar-refractivity contribution >= 4 is 16.7 Å². The van der Waals surface area contributed by atoms with Gasteiger partial charge in [0.15, 0.2) is 0 Å². The Morgan fingerprint density at radius 2 is 1.87 bits per heavy atom. The van der Waals surface area contributed by atoms with Gasteiger partial charge >= 0.3 is 0 Å². The summed E-state index contributed by atoms with van der Waals surface area (Å²) in [5.41, 5.74) is 4.28. The first-order chi connectivity index (χ1) is 15.8. The number of aryl methyl sites for hydroxylation is 1. The number of fused-ring (bicyclic) bond motifs is 1. The molecule has 0 saturated carbocycles. The zero-order chi connectivity index (χ0) is 23.2. The molecule has 2 aliphatic heterocycles. The van der Waals surface area contributed by atoms with Gasteiger partial charge in [-0.1, -0.05) is 12.1 Å². The fraction of sp³-hybridized carbons (Fsp3) is 0.500. The Balaban J connectivity index is 1.46. The molecule has 0 amide bonds. The average molecular weight is 408 g/mol. The van der Waals surface area contributed by atoms with Gasteiger partial charge in [-0.05, 0) is 64.0 Å². The summed E-state index contributed by atoms with van der Waals surface area (Å²) >= 11 is 0. The van der Waals surface area contributed by atoms with E-state index >= 15 is 0 Å². The molecule has 1 aromatic carbocycles. The highest BCUT2D eigenvalue weighted by Gasteiger charge is 2.33. The molecule has 4 heterocycles. The molecule has 2 aromatic heterocycles. The highest BCUT2D eigenvalue weighted by atomic mass is 15.3. The number of rotatable bonds is 3. The molecule has 6 heteroatoms. The van der Waals surface area contributed by atoms with Gasteiger partial charge in [-0.2, -0.15) is 0 Å². The number of pyridine rings is 1. The first kappa shape index (κ1) is 16.3. The van der Waals surface area contributed by atoms with Crippen LogP contribution in [0.5, 0.6) is 0 Å². The lowest BCUT2D eigenvalue weighted by molar-refractivity contribution is 0.107. The summed E-state index contributed by atoms with van der Waals surface area (Å²) in [4.78, 5) is 20.2. The SMILES string of the molecule is [2H]C([2H])([2H])c1cccnc1[C@@H]1CCC[C@H](c2nc3c(N4CCN(C)CC4)cccc3[nH]2)N1C. The first-order valence-electron chi connectivity index (χ1n) is 12.4. The average Bonchev–Trinajstić information content (AvgIpc) is 3.23. The lowest BCUT2D eigenvalue weighted by Gasteiger charge is -2.38. The number of aromatic nitrogens is 3. The van der Waals surface area contributed by atoms with E-state index in [4.69, 9.17) is 9.10 Å². The summed E-state index contributed by atoms with van der Waals surface area (Å²) in [6.07, 6.45) is 4.57. The predicted octanol–water partition coefficient (Wildman–Crippen LogP) is 3.92. The number of benzene rings is 1. The molecule has 2 fully saturated rings. The van der Waals surface area contributed by atoms with Crippen molar-refractivity contribution in [2.75, 3.05) is 45.2 Å². The van der Waals surface area contributed by atoms with Crippen molar-refractivity contribution in [1.29, 1.82) is 0 Å². The Labute approximate surface area is 183 Å². The highest BCUT2D eigenvalue weighted by Crippen LogP contribution is 2.40. The number of piperidine rings is 1. The quantitative estimate of drug-likeness (QED) is 0.713. The lowest BCUT2D eigenvalue weighted by Crippen LogP contribution is -2.44. The molecule has 6 nitrogen and oxygen atoms in total. The minimum absolute atomic E-state index is 0.0503. The van der Waals surface area contributed by atoms with Crippen LogP contribution < -0.4 is 4.90 Å². The molecule has 158 valence electrons. The monoisotopic (exact) mass is 407 g/mol. The van der Waals surface area contributed by atoms with E-state index in [9.17, 15) is 0 Å². The van der Waals surface area contributed by atoms with E-state index in [1.165, 1.54) is 5.69 Å². The van der Waals surface area contributed by atoms with E-state index in [0.717, 1.165) is 62.3 Å². The second-order valence-corrected chi connectivity index (χ2v) is 8.65. The number of hydrogen-bond donors (Lipinski definition) is 1. The number of aromatic amines is 1. The van der Waals surface area contributed by atoms with Gasteiger partial charge in [-0.25, -0.2) is 4.98 Å². The van der Waals surface area contributed by atoms with Crippen LogP contribution in [0, 0.1) is 6.85 Å². The molecule has 1 N–H and O–H groups in total. The molecule has 5 rings (SSSR count). The van der Waals surface area contributed by atoms with Crippen LogP contribution in [0.4, 0.5) is 5.69 Å². The summed E-state index contributed by atoms with van der Waals surface area (Å²) in [7, 11) is 4.24. The second kappa shape index (κ2) is 8.00. The molecule has 0 spiro atoms. The van der Waals surface area contributed by atoms with Crippen LogP contribution in [0.15, 0.2) is 36.5 Å². The fourth-order valence-corrected chi connectivity index (χ4v) is 4.97. The number of piperazine rings is 1. The van der Waals surface area contributed by atoms with E-state index < -0.39 is 6.85 Å². The predicted molar refractivity (Wildman–Crippen MR) is 122 cm³/mol. The van der Waals surface area contributed by atoms with Gasteiger partial charge in [0.2, 0.25) is 0 Å². The lowest BCUT2D eigenvalue weighted by atomic mass is 9.92. The van der Waals surface area contributed by atoms with Gasteiger partial charge in [-0.15, -0.1) is 0 Å². The fourth-order valence-electron chi connectivity index (χ4n) is 4.97. The number of H-pyrrole nitrogens is 1. The van der Waals surface area contributed by atoms with Gasteiger partial charge in [0.25, 0.3) is 0 Å². The third-order valence-corrected chi connectivity index (χ3v) is 6.76. The van der Waals surface area contributed by atoms with Crippen LogP contribution in [-0.4, -0.2) is 65.0 Å². The van der Waals surface area contributed by atoms with E-state index in [0.29, 0.717) is 11.3 Å². The Hall–Kier alpha value is -2.44. The summed E-state index contributed by atoms with van der Waals surface area (Å²) in [5, 5.41) is 0. The second-order valence-electron chi connectivity index (χ2n) is 8.65. The van der Waals surface area contributed by atoms with Crippen molar-refractivity contribution in [2.45, 2.75) is 38.2 Å². The number of likely N-dealkylation sites (tertiary alicyclic amines) is 1. The van der Waals surface area contributed by atoms with Crippen molar-refractivity contribution in [3.8, 4) is 0 Å². The molecule has 0 unspecified atom stereocenters. The van der Waals surface area contributed by atoms with Crippen molar-refractivity contribution in [3.05, 3.63) is 53.6 Å². The normalized spacial score (nSPS) is 25.8. The van der Waals surface area contributed by atoms with E-state index in [1.807, 2.05) is 0 Å². The molecule has 0 radical (unpaired) electrons. The number of likely N-dealkylation sites (N-methyl/N-ethyl adjacent to an activating group) is 1. The molecule has 2 aliphatic rings. The number of nitrogens with one attached hydrogen (secondary N) is 1. The standard InChI is InChI=1S/C24H32N6/c1-17-7-6-12-25-22(17)19-9-5-11-21(29(19)3)24-26-18-8-4-10-20(23(18)27-24)30-15-13-28(2)14-16-30/h4,6-8,10,12,19,21H,5,9,11,13-16H2,1-3H3,(H,26,27)/t19-,21+/m0/s1/i1D3. The Morgan fingerprint density at radius 3 is 2.70 bits per heavy atom. The van der Waals surface area contributed by atoms with Crippen LogP contribution in [0.25, 0.3) is 11.0 Å². The zero-order valence-electron chi connectivity index (χ0n) is 20.8. The topological polar surface area (TPSA) is 51.3 Å². The van der Waals surface area contributed by atoms with Gasteiger partial charge in [0.1, 0.15) is 11.3 Å². The van der Waals surface area contributed by atoms with Crippen molar-refractivity contribution in [1.82, 2.24) is 24.8 Å². The number of para-hydroxylation sites is 1.